The second-order valence-corrected chi connectivity index (χ2v) is 5.35. The number of benzene rings is 2. The molecule has 0 fully saturated rings. The molecule has 3 nitrogen and oxygen atoms in total. The Balaban J connectivity index is 1.70. The van der Waals surface area contributed by atoms with E-state index in [1.54, 1.807) is 30.3 Å². The van der Waals surface area contributed by atoms with Crippen LogP contribution in [0, 0.1) is 5.82 Å². The second kappa shape index (κ2) is 7.78. The number of hydrogen-bond donors (Lipinski definition) is 1. The Hall–Kier alpha value is -1.88. The third-order valence-corrected chi connectivity index (χ3v) is 3.39. The van der Waals surface area contributed by atoms with Crippen molar-refractivity contribution in [3.8, 4) is 5.75 Å². The molecule has 0 aromatic heterocycles. The highest BCUT2D eigenvalue weighted by Crippen LogP contribution is 2.15. The van der Waals surface area contributed by atoms with Gasteiger partial charge in [0.2, 0.25) is 0 Å². The molecule has 0 aliphatic heterocycles. The minimum atomic E-state index is -0.252. The van der Waals surface area contributed by atoms with E-state index >= 15 is 0 Å². The molecular weight excluding hydrogens is 337 g/mol. The summed E-state index contributed by atoms with van der Waals surface area (Å²) in [7, 11) is 0. The van der Waals surface area contributed by atoms with E-state index in [-0.39, 0.29) is 18.3 Å². The molecule has 0 aliphatic rings. The van der Waals surface area contributed by atoms with Gasteiger partial charge >= 0.3 is 0 Å². The number of halogens is 2. The first kappa shape index (κ1) is 15.5. The van der Waals surface area contributed by atoms with Gasteiger partial charge in [-0.15, -0.1) is 0 Å². The first-order chi connectivity index (χ1) is 10.1. The Morgan fingerprint density at radius 2 is 1.86 bits per heavy atom. The minimum absolute atomic E-state index is 0.0566. The molecule has 1 N–H and O–H groups in total. The molecule has 0 unspecified atom stereocenters. The number of rotatable bonds is 6. The number of carbonyl (C=O) groups is 1. The normalized spacial score (nSPS) is 10.2. The lowest BCUT2D eigenvalue weighted by atomic mass is 10.1. The molecule has 0 radical (unpaired) electrons. The van der Waals surface area contributed by atoms with Crippen LogP contribution in [-0.2, 0) is 11.2 Å². The predicted octanol–water partition coefficient (Wildman–Crippen LogP) is 3.33. The maximum absolute atomic E-state index is 13.4. The summed E-state index contributed by atoms with van der Waals surface area (Å²) in [5, 5.41) is 2.70. The molecular formula is C16H15BrFNO2. The fourth-order valence-electron chi connectivity index (χ4n) is 1.77. The van der Waals surface area contributed by atoms with Crippen molar-refractivity contribution in [2.24, 2.45) is 0 Å². The van der Waals surface area contributed by atoms with Crippen LogP contribution in [-0.4, -0.2) is 19.1 Å². The van der Waals surface area contributed by atoms with E-state index in [0.717, 1.165) is 4.47 Å². The number of amides is 1. The third-order valence-electron chi connectivity index (χ3n) is 2.86. The van der Waals surface area contributed by atoms with Crippen molar-refractivity contribution in [1.29, 1.82) is 0 Å². The highest BCUT2D eigenvalue weighted by atomic mass is 79.9. The zero-order valence-electron chi connectivity index (χ0n) is 11.3. The predicted molar refractivity (Wildman–Crippen MR) is 82.8 cm³/mol. The maximum Gasteiger partial charge on any atom is 0.257 e. The van der Waals surface area contributed by atoms with Crippen molar-refractivity contribution in [3.63, 3.8) is 0 Å². The summed E-state index contributed by atoms with van der Waals surface area (Å²) >= 11 is 3.32. The Bertz CT molecular complexity index is 601. The minimum Gasteiger partial charge on any atom is -0.484 e. The Morgan fingerprint density at radius 1 is 1.14 bits per heavy atom. The van der Waals surface area contributed by atoms with Crippen molar-refractivity contribution >= 4 is 21.8 Å². The molecule has 5 heteroatoms. The molecule has 2 rings (SSSR count). The summed E-state index contributed by atoms with van der Waals surface area (Å²) < 4.78 is 19.7. The van der Waals surface area contributed by atoms with Gasteiger partial charge in [0.1, 0.15) is 11.6 Å². The molecule has 0 aliphatic carbocycles. The fourth-order valence-corrected chi connectivity index (χ4v) is 2.03. The largest absolute Gasteiger partial charge is 0.484 e. The lowest BCUT2D eigenvalue weighted by molar-refractivity contribution is -0.123. The smallest absolute Gasteiger partial charge is 0.257 e. The maximum atomic E-state index is 13.4. The van der Waals surface area contributed by atoms with Crippen molar-refractivity contribution < 1.29 is 13.9 Å². The number of hydrogen-bond acceptors (Lipinski definition) is 2. The van der Waals surface area contributed by atoms with E-state index in [4.69, 9.17) is 4.74 Å². The summed E-state index contributed by atoms with van der Waals surface area (Å²) in [6, 6.07) is 13.8. The summed E-state index contributed by atoms with van der Waals surface area (Å²) in [6.07, 6.45) is 0.455. The number of carbonyl (C=O) groups excluding carboxylic acids is 1. The Labute approximate surface area is 131 Å². The number of ether oxygens (including phenoxy) is 1. The van der Waals surface area contributed by atoms with Crippen LogP contribution in [0.3, 0.4) is 0 Å². The summed E-state index contributed by atoms with van der Waals surface area (Å²) in [5.41, 5.74) is 0.589. The van der Waals surface area contributed by atoms with Gasteiger partial charge in [0, 0.05) is 11.0 Å². The van der Waals surface area contributed by atoms with Crippen molar-refractivity contribution in [3.05, 3.63) is 64.4 Å². The van der Waals surface area contributed by atoms with Crippen molar-refractivity contribution in [1.82, 2.24) is 5.32 Å². The molecule has 0 heterocycles. The molecule has 0 bridgehead atoms. The molecule has 0 spiro atoms. The molecule has 21 heavy (non-hydrogen) atoms. The van der Waals surface area contributed by atoms with Crippen LogP contribution in [0.15, 0.2) is 53.0 Å². The first-order valence-corrected chi connectivity index (χ1v) is 7.33. The Kier molecular flexibility index (Phi) is 5.75. The number of nitrogens with one attached hydrogen (secondary N) is 1. The second-order valence-electron chi connectivity index (χ2n) is 4.43. The van der Waals surface area contributed by atoms with E-state index in [1.807, 2.05) is 12.1 Å². The molecule has 2 aromatic rings. The van der Waals surface area contributed by atoms with Crippen LogP contribution in [0.25, 0.3) is 0 Å². The van der Waals surface area contributed by atoms with Crippen molar-refractivity contribution in [2.75, 3.05) is 13.2 Å². The van der Waals surface area contributed by atoms with Gasteiger partial charge in [-0.05, 0) is 42.3 Å². The van der Waals surface area contributed by atoms with Gasteiger partial charge in [-0.25, -0.2) is 4.39 Å². The van der Waals surface area contributed by atoms with Crippen molar-refractivity contribution in [2.45, 2.75) is 6.42 Å². The zero-order chi connectivity index (χ0) is 15.1. The highest BCUT2D eigenvalue weighted by Gasteiger charge is 2.04. The third kappa shape index (κ3) is 5.19. The fraction of sp³-hybridized carbons (Fsp3) is 0.188. The summed E-state index contributed by atoms with van der Waals surface area (Å²) in [4.78, 5) is 11.6. The monoisotopic (exact) mass is 351 g/mol. The van der Waals surface area contributed by atoms with E-state index in [0.29, 0.717) is 24.3 Å². The SMILES string of the molecule is O=C(COc1ccc(Br)cc1)NCCc1ccccc1F. The quantitative estimate of drug-likeness (QED) is 0.866. The Morgan fingerprint density at radius 3 is 2.57 bits per heavy atom. The van der Waals surface area contributed by atoms with Crippen LogP contribution in [0.1, 0.15) is 5.56 Å². The zero-order valence-corrected chi connectivity index (χ0v) is 12.9. The van der Waals surface area contributed by atoms with Crippen LogP contribution < -0.4 is 10.1 Å². The topological polar surface area (TPSA) is 38.3 Å². The first-order valence-electron chi connectivity index (χ1n) is 6.53. The molecule has 110 valence electrons. The van der Waals surface area contributed by atoms with Gasteiger partial charge in [-0.1, -0.05) is 34.1 Å². The molecule has 2 aromatic carbocycles. The lowest BCUT2D eigenvalue weighted by Crippen LogP contribution is -2.30. The van der Waals surface area contributed by atoms with Gasteiger partial charge in [0.05, 0.1) is 0 Å². The van der Waals surface area contributed by atoms with E-state index in [2.05, 4.69) is 21.2 Å². The van der Waals surface area contributed by atoms with Gasteiger partial charge in [-0.2, -0.15) is 0 Å². The van der Waals surface area contributed by atoms with Gasteiger partial charge < -0.3 is 10.1 Å². The van der Waals surface area contributed by atoms with Crippen LogP contribution >= 0.6 is 15.9 Å². The standard InChI is InChI=1S/C16H15BrFNO2/c17-13-5-7-14(8-6-13)21-11-16(20)19-10-9-12-3-1-2-4-15(12)18/h1-8H,9-11H2,(H,19,20). The van der Waals surface area contributed by atoms with Gasteiger partial charge in [0.25, 0.3) is 5.91 Å². The highest BCUT2D eigenvalue weighted by molar-refractivity contribution is 9.10. The average Bonchev–Trinajstić information content (AvgIpc) is 2.49. The summed E-state index contributed by atoms with van der Waals surface area (Å²) in [5.74, 6) is 0.148. The molecule has 0 atom stereocenters. The van der Waals surface area contributed by atoms with E-state index in [1.165, 1.54) is 6.07 Å². The van der Waals surface area contributed by atoms with Crippen LogP contribution in [0.5, 0.6) is 5.75 Å². The van der Waals surface area contributed by atoms with Gasteiger partial charge in [0.15, 0.2) is 6.61 Å². The summed E-state index contributed by atoms with van der Waals surface area (Å²) in [6.45, 7) is 0.322. The van der Waals surface area contributed by atoms with Gasteiger partial charge in [-0.3, -0.25) is 4.79 Å². The molecule has 0 saturated carbocycles. The molecule has 1 amide bonds. The molecule has 0 saturated heterocycles. The van der Waals surface area contributed by atoms with Crippen LogP contribution in [0.2, 0.25) is 0 Å². The van der Waals surface area contributed by atoms with E-state index in [9.17, 15) is 9.18 Å². The lowest BCUT2D eigenvalue weighted by Gasteiger charge is -2.08. The van der Waals surface area contributed by atoms with Crippen LogP contribution in [0.4, 0.5) is 4.39 Å². The average molecular weight is 352 g/mol. The van der Waals surface area contributed by atoms with E-state index < -0.39 is 0 Å².